The number of piperidine rings is 1. The zero-order chi connectivity index (χ0) is 14.9. The van der Waals surface area contributed by atoms with E-state index in [9.17, 15) is 4.79 Å². The molecule has 1 aliphatic carbocycles. The van der Waals surface area contributed by atoms with Gasteiger partial charge in [0.15, 0.2) is 0 Å². The van der Waals surface area contributed by atoms with Gasteiger partial charge in [-0.1, -0.05) is 6.07 Å². The van der Waals surface area contributed by atoms with Crippen LogP contribution in [-0.4, -0.2) is 33.4 Å². The Morgan fingerprint density at radius 2 is 2.09 bits per heavy atom. The maximum atomic E-state index is 12.8. The lowest BCUT2D eigenvalue weighted by atomic mass is 10.0. The van der Waals surface area contributed by atoms with E-state index >= 15 is 0 Å². The highest BCUT2D eigenvalue weighted by atomic mass is 16.2. The molecule has 114 valence electrons. The molecule has 2 aromatic rings. The molecule has 1 aromatic heterocycles. The predicted octanol–water partition coefficient (Wildman–Crippen LogP) is 2.85. The van der Waals surface area contributed by atoms with Gasteiger partial charge in [0.25, 0.3) is 5.91 Å². The fourth-order valence-electron chi connectivity index (χ4n) is 3.76. The fourth-order valence-corrected chi connectivity index (χ4v) is 3.76. The molecule has 0 N–H and O–H groups in total. The lowest BCUT2D eigenvalue weighted by Crippen LogP contribution is -2.40. The molecular formula is C18H21N3O. The number of amides is 1. The summed E-state index contributed by atoms with van der Waals surface area (Å²) in [6.07, 6.45) is 11.3. The van der Waals surface area contributed by atoms with Gasteiger partial charge in [0.05, 0.1) is 12.4 Å². The van der Waals surface area contributed by atoms with Crippen molar-refractivity contribution in [2.75, 3.05) is 13.1 Å². The summed E-state index contributed by atoms with van der Waals surface area (Å²) in [7, 11) is 0. The second-order valence-corrected chi connectivity index (χ2v) is 6.39. The average Bonchev–Trinajstić information content (AvgIpc) is 3.25. The summed E-state index contributed by atoms with van der Waals surface area (Å²) in [4.78, 5) is 18.9. The number of aryl methyl sites for hydroxylation is 2. The fraction of sp³-hybridized carbons (Fsp3) is 0.444. The molecule has 0 radical (unpaired) electrons. The molecule has 1 aromatic carbocycles. The van der Waals surface area contributed by atoms with Crippen LogP contribution >= 0.6 is 0 Å². The van der Waals surface area contributed by atoms with E-state index in [0.29, 0.717) is 6.04 Å². The second-order valence-electron chi connectivity index (χ2n) is 6.39. The van der Waals surface area contributed by atoms with Gasteiger partial charge >= 0.3 is 0 Å². The maximum absolute atomic E-state index is 12.8. The number of benzene rings is 1. The van der Waals surface area contributed by atoms with Crippen LogP contribution in [-0.2, 0) is 12.8 Å². The van der Waals surface area contributed by atoms with Gasteiger partial charge in [0, 0.05) is 31.0 Å². The second kappa shape index (κ2) is 5.59. The van der Waals surface area contributed by atoms with Gasteiger partial charge in [0.1, 0.15) is 0 Å². The van der Waals surface area contributed by atoms with Crippen LogP contribution in [0.25, 0.3) is 0 Å². The van der Waals surface area contributed by atoms with Gasteiger partial charge in [-0.05, 0) is 55.4 Å². The van der Waals surface area contributed by atoms with Crippen molar-refractivity contribution in [3.8, 4) is 0 Å². The molecule has 0 saturated carbocycles. The predicted molar refractivity (Wildman–Crippen MR) is 84.9 cm³/mol. The van der Waals surface area contributed by atoms with Crippen molar-refractivity contribution in [2.24, 2.45) is 0 Å². The molecule has 2 aliphatic rings. The van der Waals surface area contributed by atoms with Crippen molar-refractivity contribution in [3.63, 3.8) is 0 Å². The summed E-state index contributed by atoms with van der Waals surface area (Å²) in [5.74, 6) is 0.180. The van der Waals surface area contributed by atoms with E-state index in [-0.39, 0.29) is 5.91 Å². The van der Waals surface area contributed by atoms with Crippen LogP contribution in [0.15, 0.2) is 36.9 Å². The largest absolute Gasteiger partial charge is 0.337 e. The molecule has 1 atom stereocenters. The standard InChI is InChI=1S/C18H21N3O/c22-18(16-7-6-14-3-1-4-15(14)11-16)20-9-2-5-17(12-20)21-10-8-19-13-21/h6-8,10-11,13,17H,1-5,9,12H2/t17-/m0/s1. The van der Waals surface area contributed by atoms with Crippen molar-refractivity contribution in [2.45, 2.75) is 38.1 Å². The first-order valence-corrected chi connectivity index (χ1v) is 8.20. The highest BCUT2D eigenvalue weighted by Crippen LogP contribution is 2.26. The molecule has 1 amide bonds. The Morgan fingerprint density at radius 3 is 2.95 bits per heavy atom. The summed E-state index contributed by atoms with van der Waals surface area (Å²) in [6.45, 7) is 1.65. The van der Waals surface area contributed by atoms with Gasteiger partial charge in [-0.2, -0.15) is 0 Å². The van der Waals surface area contributed by atoms with Crippen molar-refractivity contribution in [3.05, 3.63) is 53.6 Å². The first-order chi connectivity index (χ1) is 10.8. The number of hydrogen-bond donors (Lipinski definition) is 0. The SMILES string of the molecule is O=C(c1ccc2c(c1)CCC2)N1CCC[C@H](n2ccnc2)C1. The third-order valence-corrected chi connectivity index (χ3v) is 4.98. The topological polar surface area (TPSA) is 38.1 Å². The van der Waals surface area contributed by atoms with Crippen molar-refractivity contribution in [1.29, 1.82) is 0 Å². The molecule has 22 heavy (non-hydrogen) atoms. The van der Waals surface area contributed by atoms with E-state index in [1.807, 2.05) is 23.5 Å². The number of likely N-dealkylation sites (tertiary alicyclic amines) is 1. The molecule has 0 bridgehead atoms. The third-order valence-electron chi connectivity index (χ3n) is 4.98. The Labute approximate surface area is 130 Å². The van der Waals surface area contributed by atoms with E-state index in [0.717, 1.165) is 44.3 Å². The average molecular weight is 295 g/mol. The van der Waals surface area contributed by atoms with Crippen LogP contribution in [0, 0.1) is 0 Å². The summed E-state index contributed by atoms with van der Waals surface area (Å²) < 4.78 is 2.13. The van der Waals surface area contributed by atoms with E-state index in [4.69, 9.17) is 0 Å². The first kappa shape index (κ1) is 13.6. The number of carbonyl (C=O) groups is 1. The molecule has 1 saturated heterocycles. The van der Waals surface area contributed by atoms with Crippen molar-refractivity contribution >= 4 is 5.91 Å². The first-order valence-electron chi connectivity index (χ1n) is 8.20. The minimum atomic E-state index is 0.180. The number of hydrogen-bond acceptors (Lipinski definition) is 2. The van der Waals surface area contributed by atoms with E-state index in [1.54, 1.807) is 6.20 Å². The van der Waals surface area contributed by atoms with Crippen molar-refractivity contribution < 1.29 is 4.79 Å². The van der Waals surface area contributed by atoms with Crippen LogP contribution in [0.3, 0.4) is 0 Å². The number of nitrogens with zero attached hydrogens (tertiary/aromatic N) is 3. The van der Waals surface area contributed by atoms with E-state index < -0.39 is 0 Å². The lowest BCUT2D eigenvalue weighted by molar-refractivity contribution is 0.0679. The molecule has 1 fully saturated rings. The number of rotatable bonds is 2. The minimum Gasteiger partial charge on any atom is -0.337 e. The molecule has 4 rings (SSSR count). The Balaban J connectivity index is 1.52. The Kier molecular flexibility index (Phi) is 3.45. The van der Waals surface area contributed by atoms with Crippen LogP contribution in [0.5, 0.6) is 0 Å². The molecule has 2 heterocycles. The van der Waals surface area contributed by atoms with E-state index in [2.05, 4.69) is 21.7 Å². The molecule has 4 nitrogen and oxygen atoms in total. The smallest absolute Gasteiger partial charge is 0.253 e. The number of fused-ring (bicyclic) bond motifs is 1. The number of aromatic nitrogens is 2. The normalized spacial score (nSPS) is 20.9. The van der Waals surface area contributed by atoms with Crippen molar-refractivity contribution in [1.82, 2.24) is 14.5 Å². The van der Waals surface area contributed by atoms with Gasteiger partial charge in [-0.3, -0.25) is 4.79 Å². The number of carbonyl (C=O) groups excluding carboxylic acids is 1. The Bertz CT molecular complexity index is 678. The molecule has 4 heteroatoms. The zero-order valence-electron chi connectivity index (χ0n) is 12.7. The minimum absolute atomic E-state index is 0.180. The van der Waals surface area contributed by atoms with Gasteiger partial charge < -0.3 is 9.47 Å². The molecular weight excluding hydrogens is 274 g/mol. The van der Waals surface area contributed by atoms with Gasteiger partial charge in [-0.25, -0.2) is 4.98 Å². The van der Waals surface area contributed by atoms with Crippen LogP contribution in [0.4, 0.5) is 0 Å². The molecule has 0 unspecified atom stereocenters. The highest BCUT2D eigenvalue weighted by molar-refractivity contribution is 5.94. The Morgan fingerprint density at radius 1 is 1.18 bits per heavy atom. The highest BCUT2D eigenvalue weighted by Gasteiger charge is 2.26. The van der Waals surface area contributed by atoms with Crippen LogP contribution in [0.2, 0.25) is 0 Å². The number of imidazole rings is 1. The maximum Gasteiger partial charge on any atom is 0.253 e. The molecule has 0 spiro atoms. The summed E-state index contributed by atoms with van der Waals surface area (Å²) in [6, 6.07) is 6.63. The summed E-state index contributed by atoms with van der Waals surface area (Å²) in [5, 5.41) is 0. The summed E-state index contributed by atoms with van der Waals surface area (Å²) in [5.41, 5.74) is 3.65. The van der Waals surface area contributed by atoms with Crippen LogP contribution in [0.1, 0.15) is 46.8 Å². The summed E-state index contributed by atoms with van der Waals surface area (Å²) >= 11 is 0. The van der Waals surface area contributed by atoms with Crippen LogP contribution < -0.4 is 0 Å². The third kappa shape index (κ3) is 2.43. The van der Waals surface area contributed by atoms with E-state index in [1.165, 1.54) is 17.5 Å². The lowest BCUT2D eigenvalue weighted by Gasteiger charge is -2.33. The monoisotopic (exact) mass is 295 g/mol. The quantitative estimate of drug-likeness (QED) is 0.854. The van der Waals surface area contributed by atoms with Gasteiger partial charge in [-0.15, -0.1) is 0 Å². The van der Waals surface area contributed by atoms with Gasteiger partial charge in [0.2, 0.25) is 0 Å². The Hall–Kier alpha value is -2.10. The zero-order valence-corrected chi connectivity index (χ0v) is 12.7. The molecule has 1 aliphatic heterocycles.